The second-order valence-corrected chi connectivity index (χ2v) is 8.75. The first-order valence-electron chi connectivity index (χ1n) is 9.73. The fourth-order valence-corrected chi connectivity index (χ4v) is 4.62. The highest BCUT2D eigenvalue weighted by molar-refractivity contribution is 7.99. The summed E-state index contributed by atoms with van der Waals surface area (Å²) in [6.45, 7) is 2.00. The minimum atomic E-state index is -0.172. The summed E-state index contributed by atoms with van der Waals surface area (Å²) in [5.74, 6) is 0.179. The summed E-state index contributed by atoms with van der Waals surface area (Å²) < 4.78 is 1.57. The van der Waals surface area contributed by atoms with Gasteiger partial charge in [0.2, 0.25) is 5.91 Å². The van der Waals surface area contributed by atoms with Crippen molar-refractivity contribution in [2.24, 2.45) is 0 Å². The quantitative estimate of drug-likeness (QED) is 0.481. The Bertz CT molecular complexity index is 1110. The molecule has 1 aliphatic rings. The molecule has 1 aromatic heterocycles. The lowest BCUT2D eigenvalue weighted by Crippen LogP contribution is -2.34. The van der Waals surface area contributed by atoms with Gasteiger partial charge < -0.3 is 5.32 Å². The van der Waals surface area contributed by atoms with E-state index in [2.05, 4.69) is 10.3 Å². The van der Waals surface area contributed by atoms with Crippen molar-refractivity contribution in [2.75, 3.05) is 5.75 Å². The van der Waals surface area contributed by atoms with Gasteiger partial charge >= 0.3 is 0 Å². The number of aryl methyl sites for hydroxylation is 1. The first kappa shape index (κ1) is 20.0. The highest BCUT2D eigenvalue weighted by Gasteiger charge is 2.19. The zero-order valence-electron chi connectivity index (χ0n) is 16.2. The molecule has 150 valence electrons. The zero-order chi connectivity index (χ0) is 20.4. The van der Waals surface area contributed by atoms with E-state index in [0.29, 0.717) is 21.1 Å². The van der Waals surface area contributed by atoms with Crippen molar-refractivity contribution in [3.63, 3.8) is 0 Å². The molecule has 0 bridgehead atoms. The van der Waals surface area contributed by atoms with Crippen LogP contribution < -0.4 is 10.9 Å². The van der Waals surface area contributed by atoms with Crippen LogP contribution >= 0.6 is 23.4 Å². The Balaban J connectivity index is 1.70. The molecule has 1 amide bonds. The first-order chi connectivity index (χ1) is 14.0. The van der Waals surface area contributed by atoms with Crippen LogP contribution in [0.4, 0.5) is 0 Å². The third kappa shape index (κ3) is 4.49. The molecule has 1 aliphatic carbocycles. The van der Waals surface area contributed by atoms with Gasteiger partial charge in [0.05, 0.1) is 22.3 Å². The summed E-state index contributed by atoms with van der Waals surface area (Å²) in [7, 11) is 0. The molecule has 2 aromatic carbocycles. The zero-order valence-corrected chi connectivity index (χ0v) is 17.7. The highest BCUT2D eigenvalue weighted by atomic mass is 35.5. The molecule has 0 radical (unpaired) electrons. The summed E-state index contributed by atoms with van der Waals surface area (Å²) in [5.41, 5.74) is 2.19. The average Bonchev–Trinajstić information content (AvgIpc) is 3.20. The summed E-state index contributed by atoms with van der Waals surface area (Å²) >= 11 is 7.37. The monoisotopic (exact) mass is 427 g/mol. The van der Waals surface area contributed by atoms with Crippen LogP contribution in [0.15, 0.2) is 52.4 Å². The number of halogens is 1. The van der Waals surface area contributed by atoms with E-state index >= 15 is 0 Å². The van der Waals surface area contributed by atoms with Crippen molar-refractivity contribution >= 4 is 40.2 Å². The Morgan fingerprint density at radius 3 is 2.66 bits per heavy atom. The number of thioether (sulfide) groups is 1. The Morgan fingerprint density at radius 1 is 1.21 bits per heavy atom. The van der Waals surface area contributed by atoms with Crippen LogP contribution in [-0.4, -0.2) is 27.3 Å². The molecule has 1 fully saturated rings. The van der Waals surface area contributed by atoms with E-state index in [1.54, 1.807) is 22.8 Å². The Morgan fingerprint density at radius 2 is 1.93 bits per heavy atom. The number of hydrogen-bond donors (Lipinski definition) is 1. The van der Waals surface area contributed by atoms with Crippen LogP contribution in [0.25, 0.3) is 16.6 Å². The molecule has 0 aliphatic heterocycles. The number of benzene rings is 2. The fraction of sp³-hybridized carbons (Fsp3) is 0.318. The van der Waals surface area contributed by atoms with Gasteiger partial charge in [0.1, 0.15) is 0 Å². The number of aromatic nitrogens is 2. The van der Waals surface area contributed by atoms with Gasteiger partial charge in [0, 0.05) is 11.1 Å². The van der Waals surface area contributed by atoms with E-state index in [4.69, 9.17) is 11.6 Å². The molecule has 3 aromatic rings. The van der Waals surface area contributed by atoms with Crippen LogP contribution in [0.2, 0.25) is 5.02 Å². The van der Waals surface area contributed by atoms with E-state index in [9.17, 15) is 9.59 Å². The van der Waals surface area contributed by atoms with Crippen LogP contribution in [0.5, 0.6) is 0 Å². The molecule has 29 heavy (non-hydrogen) atoms. The van der Waals surface area contributed by atoms with Crippen LogP contribution in [0, 0.1) is 6.92 Å². The predicted molar refractivity (Wildman–Crippen MR) is 118 cm³/mol. The lowest BCUT2D eigenvalue weighted by Gasteiger charge is -2.15. The summed E-state index contributed by atoms with van der Waals surface area (Å²) in [5, 5.41) is 4.58. The Kier molecular flexibility index (Phi) is 5.92. The molecule has 1 heterocycles. The standard InChI is InChI=1S/C22H22ClN3O2S/c1-14-6-9-17(10-7-14)26-21(28)18-11-8-15(23)12-19(18)25-22(26)29-13-20(27)24-16-4-2-3-5-16/h6-12,16H,2-5,13H2,1H3,(H,24,27). The number of hydrogen-bond acceptors (Lipinski definition) is 4. The third-order valence-electron chi connectivity index (χ3n) is 5.15. The van der Waals surface area contributed by atoms with Crippen molar-refractivity contribution in [2.45, 2.75) is 43.8 Å². The van der Waals surface area contributed by atoms with Gasteiger partial charge in [-0.3, -0.25) is 14.2 Å². The molecule has 1 saturated carbocycles. The van der Waals surface area contributed by atoms with Gasteiger partial charge in [-0.05, 0) is 50.1 Å². The first-order valence-corrected chi connectivity index (χ1v) is 11.1. The van der Waals surface area contributed by atoms with Crippen molar-refractivity contribution in [1.82, 2.24) is 14.9 Å². The molecule has 4 rings (SSSR count). The number of nitrogens with zero attached hydrogens (tertiary/aromatic N) is 2. The second-order valence-electron chi connectivity index (χ2n) is 7.37. The average molecular weight is 428 g/mol. The molecule has 7 heteroatoms. The number of carbonyl (C=O) groups excluding carboxylic acids is 1. The van der Waals surface area contributed by atoms with E-state index in [1.165, 1.54) is 11.8 Å². The molecular formula is C22H22ClN3O2S. The van der Waals surface area contributed by atoms with Gasteiger partial charge in [0.15, 0.2) is 5.16 Å². The maximum absolute atomic E-state index is 13.2. The fourth-order valence-electron chi connectivity index (χ4n) is 3.63. The van der Waals surface area contributed by atoms with Crippen molar-refractivity contribution < 1.29 is 4.79 Å². The maximum atomic E-state index is 13.2. The summed E-state index contributed by atoms with van der Waals surface area (Å²) in [6, 6.07) is 13.0. The maximum Gasteiger partial charge on any atom is 0.266 e. The number of fused-ring (bicyclic) bond motifs is 1. The topological polar surface area (TPSA) is 64.0 Å². The molecular weight excluding hydrogens is 406 g/mol. The van der Waals surface area contributed by atoms with E-state index in [0.717, 1.165) is 36.9 Å². The number of carbonyl (C=O) groups is 1. The number of amides is 1. The molecule has 0 spiro atoms. The smallest absolute Gasteiger partial charge is 0.266 e. The molecule has 0 saturated heterocycles. The SMILES string of the molecule is Cc1ccc(-n2c(SCC(=O)NC3CCCC3)nc3cc(Cl)ccc3c2=O)cc1. The molecule has 0 unspecified atom stereocenters. The lowest BCUT2D eigenvalue weighted by molar-refractivity contribution is -0.119. The molecule has 1 N–H and O–H groups in total. The minimum Gasteiger partial charge on any atom is -0.353 e. The number of rotatable bonds is 5. The normalized spacial score (nSPS) is 14.4. The molecule has 5 nitrogen and oxygen atoms in total. The van der Waals surface area contributed by atoms with Gasteiger partial charge in [-0.2, -0.15) is 0 Å². The van der Waals surface area contributed by atoms with Crippen molar-refractivity contribution in [3.8, 4) is 5.69 Å². The van der Waals surface area contributed by atoms with Gasteiger partial charge in [-0.15, -0.1) is 0 Å². The minimum absolute atomic E-state index is 0.0298. The van der Waals surface area contributed by atoms with E-state index in [-0.39, 0.29) is 23.3 Å². The number of nitrogens with one attached hydrogen (secondary N) is 1. The van der Waals surface area contributed by atoms with Crippen molar-refractivity contribution in [3.05, 3.63) is 63.4 Å². The van der Waals surface area contributed by atoms with Crippen LogP contribution in [0.1, 0.15) is 31.2 Å². The van der Waals surface area contributed by atoms with Crippen LogP contribution in [-0.2, 0) is 4.79 Å². The van der Waals surface area contributed by atoms with Crippen LogP contribution in [0.3, 0.4) is 0 Å². The largest absolute Gasteiger partial charge is 0.353 e. The molecule has 0 atom stereocenters. The lowest BCUT2D eigenvalue weighted by atomic mass is 10.2. The summed E-state index contributed by atoms with van der Waals surface area (Å²) in [4.78, 5) is 30.3. The summed E-state index contributed by atoms with van der Waals surface area (Å²) in [6.07, 6.45) is 4.41. The van der Waals surface area contributed by atoms with Gasteiger partial charge in [0.25, 0.3) is 5.56 Å². The highest BCUT2D eigenvalue weighted by Crippen LogP contribution is 2.24. The van der Waals surface area contributed by atoms with Gasteiger partial charge in [-0.25, -0.2) is 4.98 Å². The third-order valence-corrected chi connectivity index (χ3v) is 6.32. The second kappa shape index (κ2) is 8.59. The van der Waals surface area contributed by atoms with E-state index in [1.807, 2.05) is 31.2 Å². The predicted octanol–water partition coefficient (Wildman–Crippen LogP) is 4.50. The van der Waals surface area contributed by atoms with E-state index < -0.39 is 0 Å². The Labute approximate surface area is 178 Å². The van der Waals surface area contributed by atoms with Crippen molar-refractivity contribution in [1.29, 1.82) is 0 Å². The Hall–Kier alpha value is -2.31. The van der Waals surface area contributed by atoms with Gasteiger partial charge in [-0.1, -0.05) is 53.9 Å².